The fraction of sp³-hybridized carbons (Fsp3) is 0.381. The highest BCUT2D eigenvalue weighted by Crippen LogP contribution is 2.43. The Bertz CT molecular complexity index is 932. The van der Waals surface area contributed by atoms with E-state index in [2.05, 4.69) is 10.3 Å². The van der Waals surface area contributed by atoms with Crippen LogP contribution in [0, 0.1) is 0 Å². The van der Waals surface area contributed by atoms with Gasteiger partial charge < -0.3 is 14.4 Å². The fourth-order valence-electron chi connectivity index (χ4n) is 3.00. The fourth-order valence-corrected chi connectivity index (χ4v) is 3.00. The molecule has 2 heterocycles. The van der Waals surface area contributed by atoms with Crippen molar-refractivity contribution in [3.63, 3.8) is 0 Å². The normalized spacial score (nSPS) is 15.0. The van der Waals surface area contributed by atoms with Gasteiger partial charge in [0.1, 0.15) is 23.3 Å². The number of hydrogen-bond donors (Lipinski definition) is 1. The molecule has 28 heavy (non-hydrogen) atoms. The lowest BCUT2D eigenvalue weighted by atomic mass is 9.94. The first-order valence-electron chi connectivity index (χ1n) is 9.08. The van der Waals surface area contributed by atoms with Crippen LogP contribution in [0.25, 0.3) is 11.1 Å². The summed E-state index contributed by atoms with van der Waals surface area (Å²) in [7, 11) is 3.42. The van der Waals surface area contributed by atoms with Crippen molar-refractivity contribution in [2.45, 2.75) is 39.4 Å². The number of nitrogens with one attached hydrogen (secondary N) is 1. The van der Waals surface area contributed by atoms with Crippen molar-refractivity contribution >= 4 is 17.8 Å². The number of fused-ring (bicyclic) bond motifs is 3. The van der Waals surface area contributed by atoms with Gasteiger partial charge in [-0.05, 0) is 52.0 Å². The van der Waals surface area contributed by atoms with Gasteiger partial charge in [0, 0.05) is 42.5 Å². The molecular formula is C21H25N3O4. The number of nitrogens with zero attached hydrogens (tertiary/aromatic N) is 2. The minimum absolute atomic E-state index is 0.0834. The second-order valence-electron chi connectivity index (χ2n) is 7.95. The number of aromatic nitrogens is 1. The lowest BCUT2D eigenvalue weighted by Gasteiger charge is -2.27. The molecule has 7 heteroatoms. The second-order valence-corrected chi connectivity index (χ2v) is 7.95. The number of carbonyl (C=O) groups excluding carboxylic acids is 2. The average Bonchev–Trinajstić information content (AvgIpc) is 2.59. The minimum atomic E-state index is -0.588. The van der Waals surface area contributed by atoms with Crippen LogP contribution in [0.15, 0.2) is 30.5 Å². The van der Waals surface area contributed by atoms with Crippen molar-refractivity contribution in [2.75, 3.05) is 19.4 Å². The van der Waals surface area contributed by atoms with Crippen LogP contribution in [0.4, 0.5) is 10.6 Å². The van der Waals surface area contributed by atoms with E-state index >= 15 is 0 Å². The molecule has 0 spiro atoms. The first kappa shape index (κ1) is 19.7. The zero-order valence-electron chi connectivity index (χ0n) is 17.0. The third-order valence-electron chi connectivity index (χ3n) is 4.23. The van der Waals surface area contributed by atoms with Gasteiger partial charge in [-0.25, -0.2) is 9.78 Å². The maximum Gasteiger partial charge on any atom is 0.413 e. The van der Waals surface area contributed by atoms with Crippen LogP contribution in [0.1, 0.15) is 49.7 Å². The zero-order valence-corrected chi connectivity index (χ0v) is 17.0. The standard InChI is InChI=1S/C21H25N3O4/c1-12-15-10-18(23-20(26)28-21(2,3)4)22-11-16(15)14-8-7-13(9-17(14)27-12)19(25)24(5)6/h7-12H,1-6H3,(H,22,23,26). The van der Waals surface area contributed by atoms with Crippen molar-refractivity contribution in [1.29, 1.82) is 0 Å². The van der Waals surface area contributed by atoms with Gasteiger partial charge in [0.25, 0.3) is 5.91 Å². The Morgan fingerprint density at radius 3 is 2.54 bits per heavy atom. The summed E-state index contributed by atoms with van der Waals surface area (Å²) in [6.45, 7) is 7.32. The predicted octanol–water partition coefficient (Wildman–Crippen LogP) is 4.25. The summed E-state index contributed by atoms with van der Waals surface area (Å²) in [5.41, 5.74) is 2.65. The number of benzene rings is 1. The van der Waals surface area contributed by atoms with Crippen LogP contribution in [0.5, 0.6) is 5.75 Å². The van der Waals surface area contributed by atoms with Crippen molar-refractivity contribution < 1.29 is 19.1 Å². The summed E-state index contributed by atoms with van der Waals surface area (Å²) in [5, 5.41) is 2.65. The van der Waals surface area contributed by atoms with Crippen molar-refractivity contribution in [1.82, 2.24) is 9.88 Å². The third-order valence-corrected chi connectivity index (χ3v) is 4.23. The van der Waals surface area contributed by atoms with Gasteiger partial charge in [-0.3, -0.25) is 10.1 Å². The molecule has 0 saturated carbocycles. The Balaban J connectivity index is 1.90. The Morgan fingerprint density at radius 1 is 1.18 bits per heavy atom. The molecule has 1 aromatic carbocycles. The monoisotopic (exact) mass is 383 g/mol. The molecule has 1 atom stereocenters. The zero-order chi connectivity index (χ0) is 20.6. The number of carbonyl (C=O) groups is 2. The van der Waals surface area contributed by atoms with E-state index in [1.807, 2.05) is 13.0 Å². The lowest BCUT2D eigenvalue weighted by molar-refractivity contribution is 0.0635. The lowest BCUT2D eigenvalue weighted by Crippen LogP contribution is -2.27. The largest absolute Gasteiger partial charge is 0.485 e. The highest BCUT2D eigenvalue weighted by molar-refractivity contribution is 5.95. The van der Waals surface area contributed by atoms with Crippen molar-refractivity contribution in [3.8, 4) is 16.9 Å². The molecule has 0 bridgehead atoms. The molecule has 1 aromatic heterocycles. The Kier molecular flexibility index (Phi) is 5.02. The number of amides is 2. The van der Waals surface area contributed by atoms with Gasteiger partial charge in [-0.2, -0.15) is 0 Å². The third kappa shape index (κ3) is 4.08. The van der Waals surface area contributed by atoms with Crippen LogP contribution >= 0.6 is 0 Å². The van der Waals surface area contributed by atoms with E-state index < -0.39 is 11.7 Å². The number of rotatable bonds is 2. The highest BCUT2D eigenvalue weighted by atomic mass is 16.6. The second kappa shape index (κ2) is 7.14. The van der Waals surface area contributed by atoms with Gasteiger partial charge in [-0.1, -0.05) is 0 Å². The summed E-state index contributed by atoms with van der Waals surface area (Å²) in [6, 6.07) is 7.17. The van der Waals surface area contributed by atoms with Crippen LogP contribution in [0.3, 0.4) is 0 Å². The molecule has 7 nitrogen and oxygen atoms in total. The van der Waals surface area contributed by atoms with E-state index in [0.29, 0.717) is 17.1 Å². The first-order valence-corrected chi connectivity index (χ1v) is 9.08. The molecule has 3 rings (SSSR count). The summed E-state index contributed by atoms with van der Waals surface area (Å²) in [6.07, 6.45) is 0.888. The summed E-state index contributed by atoms with van der Waals surface area (Å²) >= 11 is 0. The van der Waals surface area contributed by atoms with Crippen LogP contribution < -0.4 is 10.1 Å². The van der Waals surface area contributed by atoms with Crippen LogP contribution in [0.2, 0.25) is 0 Å². The molecule has 1 N–H and O–H groups in total. The van der Waals surface area contributed by atoms with E-state index in [9.17, 15) is 9.59 Å². The molecule has 148 valence electrons. The van der Waals surface area contributed by atoms with Gasteiger partial charge in [0.05, 0.1) is 0 Å². The van der Waals surface area contributed by atoms with Gasteiger partial charge in [0.15, 0.2) is 0 Å². The van der Waals surface area contributed by atoms with E-state index in [4.69, 9.17) is 9.47 Å². The molecule has 1 unspecified atom stereocenters. The quantitative estimate of drug-likeness (QED) is 0.838. The molecule has 0 saturated heterocycles. The van der Waals surface area contributed by atoms with E-state index in [-0.39, 0.29) is 12.0 Å². The van der Waals surface area contributed by atoms with Crippen molar-refractivity contribution in [3.05, 3.63) is 41.6 Å². The molecular weight excluding hydrogens is 358 g/mol. The molecule has 1 aliphatic heterocycles. The highest BCUT2D eigenvalue weighted by Gasteiger charge is 2.26. The summed E-state index contributed by atoms with van der Waals surface area (Å²) in [5.74, 6) is 0.952. The van der Waals surface area contributed by atoms with Gasteiger partial charge in [0.2, 0.25) is 0 Å². The predicted molar refractivity (Wildman–Crippen MR) is 107 cm³/mol. The number of pyridine rings is 1. The van der Waals surface area contributed by atoms with E-state index in [0.717, 1.165) is 16.7 Å². The van der Waals surface area contributed by atoms with Crippen molar-refractivity contribution in [2.24, 2.45) is 0 Å². The number of anilines is 1. The molecule has 2 amide bonds. The maximum atomic E-state index is 12.2. The SMILES string of the molecule is CC1Oc2cc(C(=O)N(C)C)ccc2-c2cnc(NC(=O)OC(C)(C)C)cc21. The molecule has 1 aliphatic rings. The maximum absolute atomic E-state index is 12.2. The Labute approximate surface area is 164 Å². The van der Waals surface area contributed by atoms with E-state index in [1.165, 1.54) is 4.90 Å². The first-order chi connectivity index (χ1) is 13.0. The van der Waals surface area contributed by atoms with Gasteiger partial charge >= 0.3 is 6.09 Å². The van der Waals surface area contributed by atoms with Gasteiger partial charge in [-0.15, -0.1) is 0 Å². The summed E-state index contributed by atoms with van der Waals surface area (Å²) in [4.78, 5) is 30.1. The Morgan fingerprint density at radius 2 is 1.89 bits per heavy atom. The summed E-state index contributed by atoms with van der Waals surface area (Å²) < 4.78 is 11.3. The van der Waals surface area contributed by atoms with Crippen LogP contribution in [-0.4, -0.2) is 41.6 Å². The number of hydrogen-bond acceptors (Lipinski definition) is 5. The molecule has 0 aliphatic carbocycles. The van der Waals surface area contributed by atoms with E-state index in [1.54, 1.807) is 59.3 Å². The van der Waals surface area contributed by atoms with Crippen LogP contribution in [-0.2, 0) is 4.74 Å². The topological polar surface area (TPSA) is 80.8 Å². The Hall–Kier alpha value is -3.09. The molecule has 2 aromatic rings. The molecule has 0 radical (unpaired) electrons. The average molecular weight is 383 g/mol. The molecule has 0 fully saturated rings. The smallest absolute Gasteiger partial charge is 0.413 e. The number of ether oxygens (including phenoxy) is 2. The minimum Gasteiger partial charge on any atom is -0.485 e.